The molecule has 5 heterocycles. The van der Waals surface area contributed by atoms with Gasteiger partial charge in [-0.05, 0) is 31.2 Å². The molecule has 10 nitrogen and oxygen atoms in total. The summed E-state index contributed by atoms with van der Waals surface area (Å²) in [6.07, 6.45) is 0.161. The molecule has 0 bridgehead atoms. The van der Waals surface area contributed by atoms with Gasteiger partial charge in [0, 0.05) is 57.0 Å². The minimum Gasteiger partial charge on any atom is -0.381 e. The summed E-state index contributed by atoms with van der Waals surface area (Å²) in [4.78, 5) is 24.4. The molecule has 190 valence electrons. The van der Waals surface area contributed by atoms with Gasteiger partial charge in [0.1, 0.15) is 0 Å². The first-order chi connectivity index (χ1) is 16.7. The summed E-state index contributed by atoms with van der Waals surface area (Å²) in [5.74, 6) is 0.386. The molecule has 2 aromatic heterocycles. The van der Waals surface area contributed by atoms with Gasteiger partial charge >= 0.3 is 6.30 Å². The van der Waals surface area contributed by atoms with Crippen LogP contribution in [-0.2, 0) is 28.9 Å². The molecule has 3 aliphatic rings. The maximum atomic E-state index is 12.6. The predicted molar refractivity (Wildman–Crippen MR) is 116 cm³/mol. The third-order valence-electron chi connectivity index (χ3n) is 6.76. The van der Waals surface area contributed by atoms with Crippen LogP contribution in [-0.4, -0.2) is 68.6 Å². The predicted octanol–water partition coefficient (Wildman–Crippen LogP) is 3.12. The average molecular weight is 496 g/mol. The lowest BCUT2D eigenvalue weighted by molar-refractivity contribution is -0.455. The lowest BCUT2D eigenvalue weighted by Gasteiger charge is -2.32. The summed E-state index contributed by atoms with van der Waals surface area (Å²) < 4.78 is 45.5. The normalized spacial score (nSPS) is 19.0. The largest absolute Gasteiger partial charge is 0.517 e. The number of halogens is 3. The maximum Gasteiger partial charge on any atom is 0.517 e. The second-order valence-corrected chi connectivity index (χ2v) is 8.97. The maximum absolute atomic E-state index is 12.6. The van der Waals surface area contributed by atoms with Crippen LogP contribution in [0.3, 0.4) is 0 Å². The van der Waals surface area contributed by atoms with Crippen LogP contribution in [0.5, 0.6) is 5.88 Å². The number of pyridine rings is 1. The van der Waals surface area contributed by atoms with Crippen LogP contribution < -0.4 is 9.74 Å². The van der Waals surface area contributed by atoms with E-state index < -0.39 is 11.5 Å². The van der Waals surface area contributed by atoms with Gasteiger partial charge in [-0.2, -0.15) is 18.3 Å². The van der Waals surface area contributed by atoms with Crippen LogP contribution in [0.15, 0.2) is 12.3 Å². The van der Waals surface area contributed by atoms with Crippen LogP contribution in [0, 0.1) is 0 Å². The summed E-state index contributed by atoms with van der Waals surface area (Å²) in [6, 6.07) is 1.62. The smallest absolute Gasteiger partial charge is 0.381 e. The highest BCUT2D eigenvalue weighted by molar-refractivity contribution is 5.75. The first kappa shape index (κ1) is 23.8. The molecule has 0 saturated carbocycles. The molecule has 0 atom stereocenters. The second-order valence-electron chi connectivity index (χ2n) is 8.97. The van der Waals surface area contributed by atoms with E-state index in [9.17, 15) is 18.0 Å². The summed E-state index contributed by atoms with van der Waals surface area (Å²) >= 11 is 0. The summed E-state index contributed by atoms with van der Waals surface area (Å²) in [5.41, 5.74) is 3.57. The van der Waals surface area contributed by atoms with Crippen molar-refractivity contribution in [3.05, 3.63) is 29.1 Å². The molecule has 0 unspecified atom stereocenters. The number of nitrogens with zero attached hydrogens (tertiary/aromatic N) is 6. The van der Waals surface area contributed by atoms with E-state index in [0.29, 0.717) is 45.7 Å². The van der Waals surface area contributed by atoms with Crippen molar-refractivity contribution in [3.8, 4) is 5.88 Å². The molecular weight excluding hydrogens is 469 g/mol. The summed E-state index contributed by atoms with van der Waals surface area (Å²) in [7, 11) is 0. The average Bonchev–Trinajstić information content (AvgIpc) is 3.22. The minimum atomic E-state index is -5.07. The SMILES string of the molecule is CC(=O)N1CCc2c(c(N3CCCc4cc(ON(O)C(F)(F)F)ncc43)nn2C2CCOCC2)C1. The van der Waals surface area contributed by atoms with Crippen molar-refractivity contribution < 1.29 is 32.7 Å². The number of fused-ring (bicyclic) bond motifs is 2. The quantitative estimate of drug-likeness (QED) is 0.510. The van der Waals surface area contributed by atoms with Crippen molar-refractivity contribution in [1.82, 2.24) is 24.9 Å². The Balaban J connectivity index is 1.50. The van der Waals surface area contributed by atoms with Crippen molar-refractivity contribution >= 4 is 17.4 Å². The van der Waals surface area contributed by atoms with Crippen molar-refractivity contribution in [3.63, 3.8) is 0 Å². The van der Waals surface area contributed by atoms with Gasteiger partial charge in [-0.1, -0.05) is 0 Å². The molecule has 1 saturated heterocycles. The van der Waals surface area contributed by atoms with Crippen LogP contribution in [0.2, 0.25) is 0 Å². The van der Waals surface area contributed by atoms with Crippen LogP contribution in [0.4, 0.5) is 24.7 Å². The molecule has 13 heteroatoms. The van der Waals surface area contributed by atoms with Gasteiger partial charge in [0.25, 0.3) is 0 Å². The molecule has 5 rings (SSSR count). The minimum absolute atomic E-state index is 0.00106. The number of anilines is 2. The molecule has 1 amide bonds. The highest BCUT2D eigenvalue weighted by Gasteiger charge is 2.40. The summed E-state index contributed by atoms with van der Waals surface area (Å²) in [5, 5.41) is 12.9. The molecule has 1 fully saturated rings. The van der Waals surface area contributed by atoms with Crippen molar-refractivity contribution in [2.45, 2.75) is 57.9 Å². The van der Waals surface area contributed by atoms with E-state index in [0.717, 1.165) is 47.6 Å². The van der Waals surface area contributed by atoms with Gasteiger partial charge in [-0.15, -0.1) is 0 Å². The molecule has 0 aromatic carbocycles. The molecule has 0 radical (unpaired) electrons. The van der Waals surface area contributed by atoms with Crippen LogP contribution >= 0.6 is 0 Å². The fraction of sp³-hybridized carbons (Fsp3) is 0.591. The lowest BCUT2D eigenvalue weighted by atomic mass is 10.0. The molecule has 3 aliphatic heterocycles. The highest BCUT2D eigenvalue weighted by Crippen LogP contribution is 2.40. The van der Waals surface area contributed by atoms with Gasteiger partial charge in [-0.3, -0.25) is 14.7 Å². The number of carbonyl (C=O) groups is 1. The molecule has 2 aromatic rings. The third-order valence-corrected chi connectivity index (χ3v) is 6.76. The Labute approximate surface area is 199 Å². The van der Waals surface area contributed by atoms with Gasteiger partial charge in [0.15, 0.2) is 5.82 Å². The number of carbonyl (C=O) groups excluding carboxylic acids is 1. The Kier molecular flexibility index (Phi) is 6.32. The van der Waals surface area contributed by atoms with Gasteiger partial charge in [0.2, 0.25) is 11.8 Å². The molecule has 0 aliphatic carbocycles. The number of hydrogen-bond acceptors (Lipinski definition) is 8. The number of aryl methyl sites for hydroxylation is 1. The Hall–Kier alpha value is -2.90. The van der Waals surface area contributed by atoms with E-state index in [1.807, 2.05) is 4.90 Å². The Morgan fingerprint density at radius 2 is 2.03 bits per heavy atom. The van der Waals surface area contributed by atoms with E-state index in [1.165, 1.54) is 12.3 Å². The number of alkyl halides is 3. The van der Waals surface area contributed by atoms with Gasteiger partial charge < -0.3 is 19.4 Å². The summed E-state index contributed by atoms with van der Waals surface area (Å²) in [6.45, 7) is 4.64. The number of ether oxygens (including phenoxy) is 1. The van der Waals surface area contributed by atoms with Crippen molar-refractivity contribution in [2.75, 3.05) is 31.2 Å². The first-order valence-corrected chi connectivity index (χ1v) is 11.7. The zero-order valence-electron chi connectivity index (χ0n) is 19.3. The number of hydrogen-bond donors (Lipinski definition) is 1. The highest BCUT2D eigenvalue weighted by atomic mass is 19.4. The monoisotopic (exact) mass is 496 g/mol. The van der Waals surface area contributed by atoms with E-state index in [1.54, 1.807) is 11.8 Å². The topological polar surface area (TPSA) is 96.2 Å². The van der Waals surface area contributed by atoms with E-state index in [2.05, 4.69) is 14.5 Å². The zero-order chi connectivity index (χ0) is 24.7. The standard InChI is InChI=1S/C22H27F3N6O4/c1-14(32)28-8-4-18-17(13-28)21(27-30(18)16-5-9-34-10-6-16)29-7-2-3-15-11-20(26-12-19(15)29)35-31(33)22(23,24)25/h11-12,16,33H,2-10,13H2,1H3. The lowest BCUT2D eigenvalue weighted by Crippen LogP contribution is -2.38. The number of rotatable bonds is 4. The Bertz CT molecular complexity index is 1100. The van der Waals surface area contributed by atoms with Crippen molar-refractivity contribution in [2.24, 2.45) is 0 Å². The number of hydroxylamine groups is 2. The molecule has 1 N–H and O–H groups in total. The number of aromatic nitrogens is 3. The first-order valence-electron chi connectivity index (χ1n) is 11.7. The fourth-order valence-electron chi connectivity index (χ4n) is 5.02. The molecule has 0 spiro atoms. The molecule has 35 heavy (non-hydrogen) atoms. The Morgan fingerprint density at radius 1 is 1.26 bits per heavy atom. The Morgan fingerprint density at radius 3 is 2.74 bits per heavy atom. The van der Waals surface area contributed by atoms with Crippen molar-refractivity contribution in [1.29, 1.82) is 0 Å². The molecular formula is C22H27F3N6O4. The zero-order valence-corrected chi connectivity index (χ0v) is 19.3. The van der Waals surface area contributed by atoms with Crippen LogP contribution in [0.25, 0.3) is 0 Å². The van der Waals surface area contributed by atoms with E-state index >= 15 is 0 Å². The van der Waals surface area contributed by atoms with Crippen LogP contribution in [0.1, 0.15) is 49.0 Å². The van der Waals surface area contributed by atoms with Gasteiger partial charge in [-0.25, -0.2) is 4.98 Å². The van der Waals surface area contributed by atoms with Gasteiger partial charge in [0.05, 0.1) is 29.7 Å². The second kappa shape index (κ2) is 9.28. The number of amides is 1. The van der Waals surface area contributed by atoms with E-state index in [-0.39, 0.29) is 17.8 Å². The van der Waals surface area contributed by atoms with E-state index in [4.69, 9.17) is 15.0 Å². The fourth-order valence-corrected chi connectivity index (χ4v) is 5.02. The third kappa shape index (κ3) is 4.67.